The largest absolute Gasteiger partial charge is 0.373 e. The van der Waals surface area contributed by atoms with Crippen LogP contribution in [0.15, 0.2) is 42.5 Å². The molecule has 0 radical (unpaired) electrons. The topological polar surface area (TPSA) is 21.3 Å². The molecule has 0 saturated carbocycles. The van der Waals surface area contributed by atoms with Gasteiger partial charge in [0.25, 0.3) is 0 Å². The number of hydrogen-bond acceptors (Lipinski definition) is 2. The van der Waals surface area contributed by atoms with E-state index in [1.54, 1.807) is 0 Å². The Balaban J connectivity index is 1.80. The van der Waals surface area contributed by atoms with E-state index in [1.165, 1.54) is 5.56 Å². The lowest BCUT2D eigenvalue weighted by Gasteiger charge is -2.18. The summed E-state index contributed by atoms with van der Waals surface area (Å²) >= 11 is 0. The Kier molecular flexibility index (Phi) is 4.59. The second-order valence-corrected chi connectivity index (χ2v) is 4.12. The standard InChI is InChI=1S/C14H19NO/c1-2-6-13(7-3-1)12-16-14-8-4-5-10-15-11-9-14/h1-7,14-15H,8-12H2/b5-4-. The highest BCUT2D eigenvalue weighted by Crippen LogP contribution is 2.10. The molecule has 1 heterocycles. The highest BCUT2D eigenvalue weighted by Gasteiger charge is 2.08. The first kappa shape index (κ1) is 11.4. The van der Waals surface area contributed by atoms with E-state index in [4.69, 9.17) is 4.74 Å². The minimum atomic E-state index is 0.351. The van der Waals surface area contributed by atoms with Crippen LogP contribution in [0.5, 0.6) is 0 Å². The van der Waals surface area contributed by atoms with Crippen LogP contribution in [0, 0.1) is 0 Å². The molecule has 1 aliphatic rings. The van der Waals surface area contributed by atoms with Crippen LogP contribution in [-0.2, 0) is 11.3 Å². The van der Waals surface area contributed by atoms with Gasteiger partial charge in [-0.05, 0) is 24.9 Å². The summed E-state index contributed by atoms with van der Waals surface area (Å²) in [6.45, 7) is 2.76. The number of ether oxygens (including phenoxy) is 1. The van der Waals surface area contributed by atoms with Gasteiger partial charge in [-0.1, -0.05) is 42.5 Å². The highest BCUT2D eigenvalue weighted by molar-refractivity contribution is 5.13. The van der Waals surface area contributed by atoms with Crippen molar-refractivity contribution in [1.82, 2.24) is 5.32 Å². The molecule has 2 nitrogen and oxygen atoms in total. The maximum absolute atomic E-state index is 5.91. The molecule has 0 amide bonds. The zero-order chi connectivity index (χ0) is 11.1. The molecule has 0 spiro atoms. The molecular formula is C14H19NO. The second kappa shape index (κ2) is 6.46. The summed E-state index contributed by atoms with van der Waals surface area (Å²) in [6.07, 6.45) is 6.87. The van der Waals surface area contributed by atoms with Crippen molar-refractivity contribution < 1.29 is 4.74 Å². The quantitative estimate of drug-likeness (QED) is 0.785. The van der Waals surface area contributed by atoms with Crippen molar-refractivity contribution in [1.29, 1.82) is 0 Å². The molecule has 0 saturated heterocycles. The van der Waals surface area contributed by atoms with Gasteiger partial charge in [-0.25, -0.2) is 0 Å². The van der Waals surface area contributed by atoms with Gasteiger partial charge in [0, 0.05) is 6.54 Å². The van der Waals surface area contributed by atoms with Gasteiger partial charge in [0.1, 0.15) is 0 Å². The van der Waals surface area contributed by atoms with Crippen LogP contribution in [0.1, 0.15) is 18.4 Å². The maximum Gasteiger partial charge on any atom is 0.0720 e. The number of benzene rings is 1. The predicted molar refractivity (Wildman–Crippen MR) is 66.3 cm³/mol. The van der Waals surface area contributed by atoms with Crippen molar-refractivity contribution in [2.45, 2.75) is 25.6 Å². The SMILES string of the molecule is C1=C\CC(OCc2ccccc2)CCNC/1. The average molecular weight is 217 g/mol. The fraction of sp³-hybridized carbons (Fsp3) is 0.429. The molecule has 1 aromatic carbocycles. The van der Waals surface area contributed by atoms with E-state index >= 15 is 0 Å². The Morgan fingerprint density at radius 3 is 2.94 bits per heavy atom. The molecule has 1 aliphatic heterocycles. The normalized spacial score (nSPS) is 23.4. The third-order valence-electron chi connectivity index (χ3n) is 2.80. The Bertz CT molecular complexity index is 321. The molecule has 2 heteroatoms. The molecule has 16 heavy (non-hydrogen) atoms. The lowest BCUT2D eigenvalue weighted by Crippen LogP contribution is -2.24. The van der Waals surface area contributed by atoms with Crippen molar-refractivity contribution in [3.63, 3.8) is 0 Å². The van der Waals surface area contributed by atoms with Gasteiger partial charge in [0.15, 0.2) is 0 Å². The van der Waals surface area contributed by atoms with Gasteiger partial charge < -0.3 is 10.1 Å². The number of hydrogen-bond donors (Lipinski definition) is 1. The molecule has 2 rings (SSSR count). The summed E-state index contributed by atoms with van der Waals surface area (Å²) in [5.74, 6) is 0. The molecule has 1 N–H and O–H groups in total. The van der Waals surface area contributed by atoms with Crippen LogP contribution >= 0.6 is 0 Å². The molecule has 86 valence electrons. The van der Waals surface area contributed by atoms with Crippen molar-refractivity contribution in [3.8, 4) is 0 Å². The minimum absolute atomic E-state index is 0.351. The summed E-state index contributed by atoms with van der Waals surface area (Å²) in [5, 5.41) is 3.35. The lowest BCUT2D eigenvalue weighted by atomic mass is 10.1. The van der Waals surface area contributed by atoms with Crippen LogP contribution < -0.4 is 5.32 Å². The Morgan fingerprint density at radius 1 is 1.19 bits per heavy atom. The molecule has 1 atom stereocenters. The fourth-order valence-corrected chi connectivity index (χ4v) is 1.84. The van der Waals surface area contributed by atoms with Crippen LogP contribution in [0.4, 0.5) is 0 Å². The van der Waals surface area contributed by atoms with Crippen LogP contribution in [0.25, 0.3) is 0 Å². The van der Waals surface area contributed by atoms with Gasteiger partial charge >= 0.3 is 0 Å². The Morgan fingerprint density at radius 2 is 2.06 bits per heavy atom. The third-order valence-corrected chi connectivity index (χ3v) is 2.80. The fourth-order valence-electron chi connectivity index (χ4n) is 1.84. The van der Waals surface area contributed by atoms with Crippen molar-refractivity contribution in [2.24, 2.45) is 0 Å². The molecule has 0 bridgehead atoms. The van der Waals surface area contributed by atoms with E-state index in [0.717, 1.165) is 32.5 Å². The van der Waals surface area contributed by atoms with Crippen LogP contribution in [0.2, 0.25) is 0 Å². The molecule has 1 unspecified atom stereocenters. The van der Waals surface area contributed by atoms with E-state index < -0.39 is 0 Å². The zero-order valence-corrected chi connectivity index (χ0v) is 9.56. The highest BCUT2D eigenvalue weighted by atomic mass is 16.5. The predicted octanol–water partition coefficient (Wildman–Crippen LogP) is 2.51. The minimum Gasteiger partial charge on any atom is -0.373 e. The van der Waals surface area contributed by atoms with Crippen molar-refractivity contribution in [3.05, 3.63) is 48.0 Å². The molecule has 1 aromatic rings. The third kappa shape index (κ3) is 3.80. The summed E-state index contributed by atoms with van der Waals surface area (Å²) in [4.78, 5) is 0. The van der Waals surface area contributed by atoms with Gasteiger partial charge in [-0.3, -0.25) is 0 Å². The van der Waals surface area contributed by atoms with Gasteiger partial charge in [-0.15, -0.1) is 0 Å². The average Bonchev–Trinajstić information content (AvgIpc) is 2.29. The maximum atomic E-state index is 5.91. The van der Waals surface area contributed by atoms with Gasteiger partial charge in [0.05, 0.1) is 12.7 Å². The number of nitrogens with one attached hydrogen (secondary N) is 1. The summed E-state index contributed by atoms with van der Waals surface area (Å²) in [7, 11) is 0. The first-order valence-corrected chi connectivity index (χ1v) is 5.96. The van der Waals surface area contributed by atoms with E-state index in [9.17, 15) is 0 Å². The van der Waals surface area contributed by atoms with Crippen molar-refractivity contribution >= 4 is 0 Å². The van der Waals surface area contributed by atoms with Gasteiger partial charge in [0.2, 0.25) is 0 Å². The van der Waals surface area contributed by atoms with Crippen LogP contribution in [-0.4, -0.2) is 19.2 Å². The van der Waals surface area contributed by atoms with E-state index in [1.807, 2.05) is 6.07 Å². The molecule has 0 aliphatic carbocycles. The Labute approximate surface area is 97.3 Å². The first-order chi connectivity index (χ1) is 7.95. The second-order valence-electron chi connectivity index (χ2n) is 4.12. The molecule has 0 aromatic heterocycles. The Hall–Kier alpha value is -1.12. The molecule has 0 fully saturated rings. The van der Waals surface area contributed by atoms with Crippen LogP contribution in [0.3, 0.4) is 0 Å². The van der Waals surface area contributed by atoms with Crippen molar-refractivity contribution in [2.75, 3.05) is 13.1 Å². The summed E-state index contributed by atoms with van der Waals surface area (Å²) in [5.41, 5.74) is 1.25. The smallest absolute Gasteiger partial charge is 0.0720 e. The van der Waals surface area contributed by atoms with E-state index in [-0.39, 0.29) is 0 Å². The van der Waals surface area contributed by atoms with Gasteiger partial charge in [-0.2, -0.15) is 0 Å². The molecular weight excluding hydrogens is 198 g/mol. The first-order valence-electron chi connectivity index (χ1n) is 5.96. The summed E-state index contributed by atoms with van der Waals surface area (Å²) in [6, 6.07) is 10.4. The monoisotopic (exact) mass is 217 g/mol. The summed E-state index contributed by atoms with van der Waals surface area (Å²) < 4.78 is 5.91. The number of rotatable bonds is 3. The van der Waals surface area contributed by atoms with E-state index in [2.05, 4.69) is 41.7 Å². The lowest BCUT2D eigenvalue weighted by molar-refractivity contribution is 0.0368. The van der Waals surface area contributed by atoms with E-state index in [0.29, 0.717) is 6.10 Å². The zero-order valence-electron chi connectivity index (χ0n) is 9.56.